The van der Waals surface area contributed by atoms with Crippen LogP contribution >= 0.6 is 11.3 Å². The monoisotopic (exact) mass is 309 g/mol. The van der Waals surface area contributed by atoms with Crippen molar-refractivity contribution < 1.29 is 19.7 Å². The summed E-state index contributed by atoms with van der Waals surface area (Å²) in [6.07, 6.45) is 0. The molecule has 1 amide bonds. The Labute approximate surface area is 120 Å². The molecule has 0 bridgehead atoms. The van der Waals surface area contributed by atoms with Crippen molar-refractivity contribution in [3.8, 4) is 5.75 Å². The van der Waals surface area contributed by atoms with Gasteiger partial charge in [0.2, 0.25) is 0 Å². The molecule has 1 aromatic carbocycles. The first-order chi connectivity index (χ1) is 9.90. The van der Waals surface area contributed by atoms with Gasteiger partial charge in [-0.15, -0.1) is 0 Å². The summed E-state index contributed by atoms with van der Waals surface area (Å²) in [5.74, 6) is -1.25. The van der Waals surface area contributed by atoms with Crippen LogP contribution < -0.4 is 5.32 Å². The van der Waals surface area contributed by atoms with Crippen LogP contribution in [-0.2, 0) is 0 Å². The molecule has 0 atom stereocenters. The van der Waals surface area contributed by atoms with Crippen molar-refractivity contribution in [2.24, 2.45) is 0 Å². The number of benzene rings is 1. The average molecular weight is 309 g/mol. The minimum absolute atomic E-state index is 0.000693. The van der Waals surface area contributed by atoms with E-state index in [1.165, 1.54) is 18.2 Å². The average Bonchev–Trinajstić information content (AvgIpc) is 2.90. The number of nitro benzene ring substituents is 1. The van der Waals surface area contributed by atoms with Crippen molar-refractivity contribution in [3.05, 3.63) is 55.4 Å². The number of phenols is 1. The molecule has 2 rings (SSSR count). The Morgan fingerprint density at radius 2 is 1.86 bits per heavy atom. The minimum Gasteiger partial charge on any atom is -0.505 e. The Bertz CT molecular complexity index is 741. The van der Waals surface area contributed by atoms with Gasteiger partial charge in [-0.05, 0) is 12.1 Å². The van der Waals surface area contributed by atoms with Crippen molar-refractivity contribution >= 4 is 33.6 Å². The molecule has 0 aliphatic carbocycles. The molecule has 10 heteroatoms. The number of carbonyl (C=O) groups is 1. The number of hydrogen-bond donors (Lipinski definition) is 2. The predicted molar refractivity (Wildman–Crippen MR) is 73.7 cm³/mol. The standard InChI is InChI=1S/C11H7N3O6S/c15-7-3-1-2-6(13(17)18)10(7)12-11(16)8-4-5-9(21-8)14(19)20/h1-5,15H,(H,12,16). The summed E-state index contributed by atoms with van der Waals surface area (Å²) in [4.78, 5) is 31.9. The van der Waals surface area contributed by atoms with Crippen molar-refractivity contribution in [1.82, 2.24) is 0 Å². The summed E-state index contributed by atoms with van der Waals surface area (Å²) in [5.41, 5.74) is -0.835. The SMILES string of the molecule is O=C(Nc1c(O)cccc1[N+](=O)[O-])c1ccc([N+](=O)[O-])s1. The molecule has 0 spiro atoms. The summed E-state index contributed by atoms with van der Waals surface area (Å²) in [6, 6.07) is 5.94. The summed E-state index contributed by atoms with van der Waals surface area (Å²) in [5, 5.41) is 33.0. The molecule has 0 radical (unpaired) electrons. The lowest BCUT2D eigenvalue weighted by molar-refractivity contribution is -0.384. The normalized spacial score (nSPS) is 10.1. The number of phenolic OH excluding ortho intramolecular Hbond substituents is 1. The molecule has 0 aliphatic rings. The van der Waals surface area contributed by atoms with Gasteiger partial charge in [0.25, 0.3) is 11.6 Å². The van der Waals surface area contributed by atoms with Gasteiger partial charge < -0.3 is 10.4 Å². The Kier molecular flexibility index (Phi) is 3.80. The largest absolute Gasteiger partial charge is 0.505 e. The van der Waals surface area contributed by atoms with Crippen LogP contribution in [0.5, 0.6) is 5.75 Å². The van der Waals surface area contributed by atoms with Gasteiger partial charge in [-0.1, -0.05) is 17.4 Å². The number of nitro groups is 2. The maximum absolute atomic E-state index is 11.9. The van der Waals surface area contributed by atoms with Crippen molar-refractivity contribution in [2.75, 3.05) is 5.32 Å². The van der Waals surface area contributed by atoms with E-state index in [1.807, 2.05) is 0 Å². The topological polar surface area (TPSA) is 136 Å². The zero-order valence-corrected chi connectivity index (χ0v) is 11.0. The number of nitrogens with zero attached hydrogens (tertiary/aromatic N) is 2. The van der Waals surface area contributed by atoms with Crippen LogP contribution in [0.25, 0.3) is 0 Å². The predicted octanol–water partition coefficient (Wildman–Crippen LogP) is 2.52. The molecular formula is C11H7N3O6S. The van der Waals surface area contributed by atoms with Gasteiger partial charge in [-0.2, -0.15) is 0 Å². The number of carbonyl (C=O) groups excluding carboxylic acids is 1. The lowest BCUT2D eigenvalue weighted by Crippen LogP contribution is -2.11. The van der Waals surface area contributed by atoms with Gasteiger partial charge >= 0.3 is 5.00 Å². The highest BCUT2D eigenvalue weighted by Gasteiger charge is 2.22. The first-order valence-electron chi connectivity index (χ1n) is 5.42. The number of amides is 1. The third-order valence-corrected chi connectivity index (χ3v) is 3.49. The van der Waals surface area contributed by atoms with Crippen LogP contribution in [0.1, 0.15) is 9.67 Å². The van der Waals surface area contributed by atoms with Crippen molar-refractivity contribution in [3.63, 3.8) is 0 Å². The zero-order chi connectivity index (χ0) is 15.6. The van der Waals surface area contributed by atoms with Crippen molar-refractivity contribution in [2.45, 2.75) is 0 Å². The number of nitrogens with one attached hydrogen (secondary N) is 1. The number of para-hydroxylation sites is 1. The zero-order valence-electron chi connectivity index (χ0n) is 10.2. The summed E-state index contributed by atoms with van der Waals surface area (Å²) >= 11 is 0.626. The molecule has 1 heterocycles. The third kappa shape index (κ3) is 2.95. The highest BCUT2D eigenvalue weighted by molar-refractivity contribution is 7.17. The Balaban J connectivity index is 2.31. The smallest absolute Gasteiger partial charge is 0.324 e. The molecule has 2 aromatic rings. The van der Waals surface area contributed by atoms with E-state index < -0.39 is 27.2 Å². The fourth-order valence-corrected chi connectivity index (χ4v) is 2.25. The van der Waals surface area contributed by atoms with Crippen LogP contribution in [-0.4, -0.2) is 20.9 Å². The summed E-state index contributed by atoms with van der Waals surface area (Å²) in [6.45, 7) is 0. The second-order valence-corrected chi connectivity index (χ2v) is 4.84. The van der Waals surface area contributed by atoms with E-state index >= 15 is 0 Å². The highest BCUT2D eigenvalue weighted by atomic mass is 32.1. The van der Waals surface area contributed by atoms with Crippen LogP contribution in [0.3, 0.4) is 0 Å². The molecule has 0 fully saturated rings. The molecule has 21 heavy (non-hydrogen) atoms. The first-order valence-corrected chi connectivity index (χ1v) is 6.23. The van der Waals surface area contributed by atoms with Crippen molar-refractivity contribution in [1.29, 1.82) is 0 Å². The van der Waals surface area contributed by atoms with Gasteiger partial charge in [0.1, 0.15) is 5.75 Å². The second kappa shape index (κ2) is 5.54. The number of hydrogen-bond acceptors (Lipinski definition) is 7. The number of anilines is 1. The van der Waals surface area contributed by atoms with Gasteiger partial charge in [-0.25, -0.2) is 0 Å². The molecule has 0 saturated carbocycles. The van der Waals surface area contributed by atoms with E-state index in [2.05, 4.69) is 5.32 Å². The fraction of sp³-hybridized carbons (Fsp3) is 0. The maximum Gasteiger partial charge on any atom is 0.324 e. The molecule has 108 valence electrons. The van der Waals surface area contributed by atoms with E-state index in [1.54, 1.807) is 0 Å². The Morgan fingerprint density at radius 3 is 2.43 bits per heavy atom. The molecule has 1 aromatic heterocycles. The highest BCUT2D eigenvalue weighted by Crippen LogP contribution is 2.34. The third-order valence-electron chi connectivity index (χ3n) is 2.45. The van der Waals surface area contributed by atoms with Crippen LogP contribution in [0.15, 0.2) is 30.3 Å². The van der Waals surface area contributed by atoms with Gasteiger partial charge in [-0.3, -0.25) is 25.0 Å². The van der Waals surface area contributed by atoms with E-state index in [0.29, 0.717) is 11.3 Å². The molecule has 2 N–H and O–H groups in total. The van der Waals surface area contributed by atoms with Crippen LogP contribution in [0, 0.1) is 20.2 Å². The number of aromatic hydroxyl groups is 1. The fourth-order valence-electron chi connectivity index (χ4n) is 1.53. The molecule has 0 unspecified atom stereocenters. The Morgan fingerprint density at radius 1 is 1.14 bits per heavy atom. The van der Waals surface area contributed by atoms with E-state index in [0.717, 1.165) is 12.1 Å². The van der Waals surface area contributed by atoms with Crippen LogP contribution in [0.2, 0.25) is 0 Å². The lowest BCUT2D eigenvalue weighted by atomic mass is 10.2. The summed E-state index contributed by atoms with van der Waals surface area (Å²) < 4.78 is 0. The van der Waals surface area contributed by atoms with Gasteiger partial charge in [0.15, 0.2) is 5.69 Å². The van der Waals surface area contributed by atoms with Gasteiger partial charge in [0, 0.05) is 12.1 Å². The summed E-state index contributed by atoms with van der Waals surface area (Å²) in [7, 11) is 0. The Hall–Kier alpha value is -3.01. The van der Waals surface area contributed by atoms with Crippen LogP contribution in [0.4, 0.5) is 16.4 Å². The molecule has 0 saturated heterocycles. The quantitative estimate of drug-likeness (QED) is 0.506. The minimum atomic E-state index is -0.780. The van der Waals surface area contributed by atoms with E-state index in [4.69, 9.17) is 0 Å². The molecule has 9 nitrogen and oxygen atoms in total. The van der Waals surface area contributed by atoms with E-state index in [9.17, 15) is 30.1 Å². The second-order valence-electron chi connectivity index (χ2n) is 3.78. The number of rotatable bonds is 4. The van der Waals surface area contributed by atoms with E-state index in [-0.39, 0.29) is 15.6 Å². The lowest BCUT2D eigenvalue weighted by Gasteiger charge is -2.06. The number of thiophene rings is 1. The van der Waals surface area contributed by atoms with Gasteiger partial charge in [0.05, 0.1) is 14.7 Å². The first kappa shape index (κ1) is 14.4. The maximum atomic E-state index is 11.9. The molecular weight excluding hydrogens is 302 g/mol. The molecule has 0 aliphatic heterocycles.